The molecule has 0 amide bonds. The Morgan fingerprint density at radius 3 is 2.21 bits per heavy atom. The Bertz CT molecular complexity index is 1400. The van der Waals surface area contributed by atoms with Crippen molar-refractivity contribution in [3.8, 4) is 5.75 Å². The Hall–Kier alpha value is -1.65. The van der Waals surface area contributed by atoms with Gasteiger partial charge < -0.3 is 13.6 Å². The van der Waals surface area contributed by atoms with E-state index in [0.29, 0.717) is 11.7 Å². The van der Waals surface area contributed by atoms with Gasteiger partial charge in [-0.2, -0.15) is 0 Å². The minimum Gasteiger partial charge on any atom is -0.418 e. The lowest BCUT2D eigenvalue weighted by Gasteiger charge is -2.46. The molecule has 4 rings (SSSR count). The summed E-state index contributed by atoms with van der Waals surface area (Å²) in [6, 6.07) is 9.40. The smallest absolute Gasteiger partial charge is 0.373 e. The molecule has 0 spiro atoms. The van der Waals surface area contributed by atoms with Crippen molar-refractivity contribution in [2.45, 2.75) is 148 Å². The highest BCUT2D eigenvalue weighted by atomic mass is 32.2. The van der Waals surface area contributed by atoms with E-state index in [1.165, 1.54) is 22.9 Å². The number of carbonyl (C=O) groups excluding carboxylic acids is 1. The molecular formula is C40H62O4SSi2. The standard InChI is InChI=1S/C40H62O4SSi2/c1-14-30-21-23-34-33(36(24-25-40(30,34)9)45-37(41)42-31-18-16-15-17-19-31)22-20-29-26-32(43-46(10,11)38(3,4)5)27-35(28(29)2)44-47(12,13)39(6,7)8/h15-22,32,34-36H,2,14,23-27H2,1,3-13H3/t32-,34+,35+,36?,40-/m1/s1. The van der Waals surface area contributed by atoms with Crippen molar-refractivity contribution in [3.05, 3.63) is 77.4 Å². The molecule has 0 heterocycles. The second-order valence-corrected chi connectivity index (χ2v) is 27.9. The zero-order valence-corrected chi connectivity index (χ0v) is 34.2. The van der Waals surface area contributed by atoms with E-state index in [-0.39, 0.29) is 38.3 Å². The number of para-hydroxylation sites is 1. The molecule has 47 heavy (non-hydrogen) atoms. The Balaban J connectivity index is 1.70. The molecule has 0 saturated heterocycles. The van der Waals surface area contributed by atoms with Gasteiger partial charge in [-0.15, -0.1) is 0 Å². The highest BCUT2D eigenvalue weighted by Gasteiger charge is 2.48. The minimum atomic E-state index is -2.05. The van der Waals surface area contributed by atoms with Gasteiger partial charge in [-0.3, -0.25) is 0 Å². The Morgan fingerprint density at radius 2 is 1.62 bits per heavy atom. The number of benzene rings is 1. The quantitative estimate of drug-likeness (QED) is 0.154. The molecule has 5 atom stereocenters. The maximum Gasteiger partial charge on any atom is 0.373 e. The van der Waals surface area contributed by atoms with E-state index < -0.39 is 16.6 Å². The molecule has 3 aliphatic rings. The van der Waals surface area contributed by atoms with Gasteiger partial charge >= 0.3 is 5.30 Å². The van der Waals surface area contributed by atoms with Gasteiger partial charge in [0.25, 0.3) is 0 Å². The third kappa shape index (κ3) is 8.57. The summed E-state index contributed by atoms with van der Waals surface area (Å²) >= 11 is 1.35. The minimum absolute atomic E-state index is 0.0634. The van der Waals surface area contributed by atoms with E-state index in [1.807, 2.05) is 30.3 Å². The van der Waals surface area contributed by atoms with Crippen LogP contribution in [0.2, 0.25) is 36.3 Å². The highest BCUT2D eigenvalue weighted by Crippen LogP contribution is 2.57. The lowest BCUT2D eigenvalue weighted by Crippen LogP contribution is -2.49. The molecule has 3 aliphatic carbocycles. The summed E-state index contributed by atoms with van der Waals surface area (Å²) in [5.74, 6) is 0.966. The third-order valence-electron chi connectivity index (χ3n) is 12.1. The number of fused-ring (bicyclic) bond motifs is 1. The fourth-order valence-electron chi connectivity index (χ4n) is 7.02. The molecule has 7 heteroatoms. The summed E-state index contributed by atoms with van der Waals surface area (Å²) in [5, 5.41) is 0.0596. The third-order valence-corrected chi connectivity index (χ3v) is 22.2. The van der Waals surface area contributed by atoms with Gasteiger partial charge in [0.05, 0.1) is 12.2 Å². The largest absolute Gasteiger partial charge is 0.418 e. The van der Waals surface area contributed by atoms with Crippen LogP contribution in [-0.4, -0.2) is 39.4 Å². The van der Waals surface area contributed by atoms with Gasteiger partial charge in [-0.05, 0) is 115 Å². The second-order valence-electron chi connectivity index (χ2n) is 17.3. The molecule has 0 radical (unpaired) electrons. The number of hydrogen-bond acceptors (Lipinski definition) is 5. The van der Waals surface area contributed by atoms with E-state index in [0.717, 1.165) is 44.1 Å². The first-order chi connectivity index (χ1) is 21.7. The average molecular weight is 695 g/mol. The molecular weight excluding hydrogens is 633 g/mol. The SMILES string of the molecule is C=C1C(=CC=C2C(SC(=O)Oc3ccccc3)CC[C@]3(C)C(CC)=CC[C@@H]23)C[C@@H](O[Si](C)(C)C(C)(C)C)C[C@@H]1O[Si](C)(C)C(C)(C)C. The van der Waals surface area contributed by atoms with Crippen molar-refractivity contribution in [1.29, 1.82) is 0 Å². The molecule has 2 fully saturated rings. The van der Waals surface area contributed by atoms with E-state index >= 15 is 0 Å². The number of rotatable bonds is 8. The van der Waals surface area contributed by atoms with Crippen molar-refractivity contribution in [1.82, 2.24) is 0 Å². The fraction of sp³-hybridized carbons (Fsp3) is 0.625. The molecule has 0 aromatic heterocycles. The van der Waals surface area contributed by atoms with Crippen molar-refractivity contribution in [2.24, 2.45) is 11.3 Å². The fourth-order valence-corrected chi connectivity index (χ4v) is 10.7. The van der Waals surface area contributed by atoms with Gasteiger partial charge in [-0.25, -0.2) is 4.79 Å². The van der Waals surface area contributed by atoms with Crippen LogP contribution in [-0.2, 0) is 8.85 Å². The molecule has 2 saturated carbocycles. The second kappa shape index (κ2) is 14.3. The van der Waals surface area contributed by atoms with Crippen molar-refractivity contribution < 1.29 is 18.4 Å². The first kappa shape index (κ1) is 38.2. The van der Waals surface area contributed by atoms with Gasteiger partial charge in [0.1, 0.15) is 5.75 Å². The molecule has 0 bridgehead atoms. The van der Waals surface area contributed by atoms with Crippen LogP contribution in [0.1, 0.15) is 93.9 Å². The summed E-state index contributed by atoms with van der Waals surface area (Å²) in [4.78, 5) is 13.2. The molecule has 260 valence electrons. The normalized spacial score (nSPS) is 29.2. The predicted molar refractivity (Wildman–Crippen MR) is 206 cm³/mol. The molecule has 1 unspecified atom stereocenters. The summed E-state index contributed by atoms with van der Waals surface area (Å²) in [7, 11) is -4.06. The van der Waals surface area contributed by atoms with Gasteiger partial charge in [-0.1, -0.05) is 110 Å². The van der Waals surface area contributed by atoms with Crippen molar-refractivity contribution in [2.75, 3.05) is 0 Å². The average Bonchev–Trinajstić information content (AvgIpc) is 3.29. The number of ether oxygens (including phenoxy) is 1. The lowest BCUT2D eigenvalue weighted by molar-refractivity contribution is 0.0969. The molecule has 4 nitrogen and oxygen atoms in total. The highest BCUT2D eigenvalue weighted by molar-refractivity contribution is 8.14. The van der Waals surface area contributed by atoms with E-state index in [1.54, 1.807) is 5.57 Å². The Morgan fingerprint density at radius 1 is 1.00 bits per heavy atom. The number of carbonyl (C=O) groups is 1. The zero-order valence-electron chi connectivity index (χ0n) is 31.4. The number of thioether (sulfide) groups is 1. The molecule has 0 aliphatic heterocycles. The van der Waals surface area contributed by atoms with E-state index in [9.17, 15) is 4.79 Å². The molecule has 0 N–H and O–H groups in total. The number of allylic oxidation sites excluding steroid dienone is 4. The summed E-state index contributed by atoms with van der Waals surface area (Å²) in [5.41, 5.74) is 5.35. The maximum absolute atomic E-state index is 13.2. The van der Waals surface area contributed by atoms with Crippen LogP contribution in [0.15, 0.2) is 77.4 Å². The van der Waals surface area contributed by atoms with Crippen LogP contribution in [0.5, 0.6) is 5.75 Å². The van der Waals surface area contributed by atoms with E-state index in [2.05, 4.69) is 106 Å². The number of hydrogen-bond donors (Lipinski definition) is 0. The summed E-state index contributed by atoms with van der Waals surface area (Å²) in [6.07, 6.45) is 13.0. The van der Waals surface area contributed by atoms with E-state index in [4.69, 9.17) is 13.6 Å². The van der Waals surface area contributed by atoms with Crippen LogP contribution in [0.4, 0.5) is 4.79 Å². The Kier molecular flexibility index (Phi) is 11.6. The summed E-state index contributed by atoms with van der Waals surface area (Å²) < 4.78 is 19.9. The van der Waals surface area contributed by atoms with Gasteiger partial charge in [0.15, 0.2) is 16.6 Å². The van der Waals surface area contributed by atoms with Crippen molar-refractivity contribution in [3.63, 3.8) is 0 Å². The van der Waals surface area contributed by atoms with Gasteiger partial charge in [0.2, 0.25) is 0 Å². The van der Waals surface area contributed by atoms with Crippen LogP contribution in [0, 0.1) is 11.3 Å². The van der Waals surface area contributed by atoms with Gasteiger partial charge in [0, 0.05) is 11.7 Å². The zero-order chi connectivity index (χ0) is 35.0. The first-order valence-corrected chi connectivity index (χ1v) is 24.5. The molecule has 1 aromatic rings. The summed E-state index contributed by atoms with van der Waals surface area (Å²) in [6.45, 7) is 32.6. The van der Waals surface area contributed by atoms with Crippen LogP contribution < -0.4 is 4.74 Å². The van der Waals surface area contributed by atoms with Crippen LogP contribution in [0.3, 0.4) is 0 Å². The first-order valence-electron chi connectivity index (χ1n) is 17.8. The predicted octanol–water partition coefficient (Wildman–Crippen LogP) is 12.4. The topological polar surface area (TPSA) is 44.8 Å². The Labute approximate surface area is 293 Å². The maximum atomic E-state index is 13.2. The monoisotopic (exact) mass is 694 g/mol. The lowest BCUT2D eigenvalue weighted by atomic mass is 9.63. The van der Waals surface area contributed by atoms with Crippen LogP contribution >= 0.6 is 11.8 Å². The van der Waals surface area contributed by atoms with Crippen LogP contribution in [0.25, 0.3) is 0 Å². The van der Waals surface area contributed by atoms with Crippen molar-refractivity contribution >= 4 is 33.7 Å². The molecule has 1 aromatic carbocycles.